The lowest BCUT2D eigenvalue weighted by Crippen LogP contribution is -1.90. The van der Waals surface area contributed by atoms with E-state index in [1.54, 1.807) is 6.20 Å². The standard InChI is InChI=1S/C15H13N/c1-12-11-16(13-7-3-2-4-8-13)15-10-6-5-9-14(12)15/h2-11H,1H3/i1D3. The Morgan fingerprint density at radius 3 is 2.50 bits per heavy atom. The fourth-order valence-corrected chi connectivity index (χ4v) is 1.98. The van der Waals surface area contributed by atoms with Gasteiger partial charge in [0, 0.05) is 21.4 Å². The van der Waals surface area contributed by atoms with Crippen LogP contribution in [0.25, 0.3) is 16.6 Å². The zero-order chi connectivity index (χ0) is 13.5. The summed E-state index contributed by atoms with van der Waals surface area (Å²) in [7, 11) is 0. The number of aromatic nitrogens is 1. The lowest BCUT2D eigenvalue weighted by molar-refractivity contribution is 1.12. The second-order valence-corrected chi connectivity index (χ2v) is 3.77. The zero-order valence-electron chi connectivity index (χ0n) is 11.7. The van der Waals surface area contributed by atoms with Gasteiger partial charge in [0.1, 0.15) is 0 Å². The second-order valence-electron chi connectivity index (χ2n) is 3.77. The molecule has 1 heteroatoms. The Bertz CT molecular complexity index is 711. The van der Waals surface area contributed by atoms with Crippen molar-refractivity contribution in [1.29, 1.82) is 0 Å². The zero-order valence-corrected chi connectivity index (χ0v) is 8.72. The molecule has 0 bridgehead atoms. The van der Waals surface area contributed by atoms with Crippen LogP contribution < -0.4 is 0 Å². The maximum Gasteiger partial charge on any atom is 0.0531 e. The predicted octanol–water partition coefficient (Wildman–Crippen LogP) is 3.94. The number of benzene rings is 2. The number of aryl methyl sites for hydroxylation is 1. The monoisotopic (exact) mass is 210 g/mol. The molecule has 2 aromatic carbocycles. The number of rotatable bonds is 1. The Morgan fingerprint density at radius 2 is 1.69 bits per heavy atom. The molecule has 0 spiro atoms. The minimum absolute atomic E-state index is 0.395. The van der Waals surface area contributed by atoms with Crippen molar-refractivity contribution in [2.24, 2.45) is 0 Å². The molecule has 0 N–H and O–H groups in total. The Hall–Kier alpha value is -2.02. The number of hydrogen-bond donors (Lipinski definition) is 0. The predicted molar refractivity (Wildman–Crippen MR) is 68.0 cm³/mol. The number of fused-ring (bicyclic) bond motifs is 1. The molecule has 0 radical (unpaired) electrons. The molecule has 0 saturated heterocycles. The number of nitrogens with zero attached hydrogens (tertiary/aromatic N) is 1. The Morgan fingerprint density at radius 1 is 0.938 bits per heavy atom. The van der Waals surface area contributed by atoms with E-state index in [1.807, 2.05) is 59.2 Å². The van der Waals surface area contributed by atoms with E-state index in [0.29, 0.717) is 5.56 Å². The Kier molecular flexibility index (Phi) is 1.44. The third-order valence-corrected chi connectivity index (χ3v) is 2.75. The lowest BCUT2D eigenvalue weighted by Gasteiger charge is -2.04. The van der Waals surface area contributed by atoms with Crippen molar-refractivity contribution in [1.82, 2.24) is 4.57 Å². The van der Waals surface area contributed by atoms with Crippen LogP contribution in [0.15, 0.2) is 60.8 Å². The summed E-state index contributed by atoms with van der Waals surface area (Å²) in [4.78, 5) is 0. The molecule has 0 amide bonds. The quantitative estimate of drug-likeness (QED) is 0.573. The molecule has 16 heavy (non-hydrogen) atoms. The van der Waals surface area contributed by atoms with Gasteiger partial charge in [-0.25, -0.2) is 0 Å². The van der Waals surface area contributed by atoms with E-state index >= 15 is 0 Å². The van der Waals surface area contributed by atoms with E-state index in [-0.39, 0.29) is 0 Å². The van der Waals surface area contributed by atoms with Gasteiger partial charge in [0.2, 0.25) is 0 Å². The van der Waals surface area contributed by atoms with Gasteiger partial charge < -0.3 is 4.57 Å². The maximum atomic E-state index is 7.65. The highest BCUT2D eigenvalue weighted by Gasteiger charge is 2.04. The third-order valence-electron chi connectivity index (χ3n) is 2.75. The van der Waals surface area contributed by atoms with E-state index in [4.69, 9.17) is 4.11 Å². The van der Waals surface area contributed by atoms with Crippen LogP contribution in [0.5, 0.6) is 0 Å². The van der Waals surface area contributed by atoms with Crippen molar-refractivity contribution in [2.75, 3.05) is 0 Å². The van der Waals surface area contributed by atoms with E-state index in [9.17, 15) is 0 Å². The summed E-state index contributed by atoms with van der Waals surface area (Å²) in [5.74, 6) is 0. The summed E-state index contributed by atoms with van der Waals surface area (Å²) in [5, 5.41) is 0.784. The number of para-hydroxylation sites is 2. The Balaban J connectivity index is 2.33. The van der Waals surface area contributed by atoms with Crippen molar-refractivity contribution in [3.05, 3.63) is 66.4 Å². The van der Waals surface area contributed by atoms with Crippen LogP contribution in [-0.4, -0.2) is 4.57 Å². The van der Waals surface area contributed by atoms with E-state index < -0.39 is 6.85 Å². The van der Waals surface area contributed by atoms with Gasteiger partial charge >= 0.3 is 0 Å². The van der Waals surface area contributed by atoms with Gasteiger partial charge in [0.05, 0.1) is 5.52 Å². The van der Waals surface area contributed by atoms with Crippen LogP contribution in [0, 0.1) is 6.85 Å². The van der Waals surface area contributed by atoms with E-state index in [1.165, 1.54) is 0 Å². The van der Waals surface area contributed by atoms with Crippen LogP contribution in [0.1, 0.15) is 9.68 Å². The topological polar surface area (TPSA) is 4.93 Å². The first-order valence-electron chi connectivity index (χ1n) is 6.73. The molecule has 1 heterocycles. The summed E-state index contributed by atoms with van der Waals surface area (Å²) in [6.45, 7) is -2.10. The lowest BCUT2D eigenvalue weighted by atomic mass is 10.2. The van der Waals surface area contributed by atoms with Gasteiger partial charge in [-0.1, -0.05) is 36.4 Å². The highest BCUT2D eigenvalue weighted by molar-refractivity contribution is 5.85. The molecule has 0 atom stereocenters. The molecule has 0 fully saturated rings. The molecular weight excluding hydrogens is 194 g/mol. The smallest absolute Gasteiger partial charge is 0.0531 e. The van der Waals surface area contributed by atoms with Crippen LogP contribution in [0.4, 0.5) is 0 Å². The molecule has 78 valence electrons. The first-order valence-corrected chi connectivity index (χ1v) is 5.23. The van der Waals surface area contributed by atoms with Gasteiger partial charge in [0.25, 0.3) is 0 Å². The summed E-state index contributed by atoms with van der Waals surface area (Å²) >= 11 is 0. The van der Waals surface area contributed by atoms with Crippen molar-refractivity contribution in [3.8, 4) is 5.69 Å². The van der Waals surface area contributed by atoms with Crippen LogP contribution >= 0.6 is 0 Å². The van der Waals surface area contributed by atoms with Crippen molar-refractivity contribution >= 4 is 10.9 Å². The van der Waals surface area contributed by atoms with Gasteiger partial charge in [0.15, 0.2) is 0 Å². The minimum atomic E-state index is -2.10. The SMILES string of the molecule is [2H]C([2H])([2H])c1cn(-c2ccccc2)c2ccccc12. The maximum absolute atomic E-state index is 7.65. The van der Waals surface area contributed by atoms with Gasteiger partial charge in [-0.2, -0.15) is 0 Å². The second kappa shape index (κ2) is 3.53. The summed E-state index contributed by atoms with van der Waals surface area (Å²) < 4.78 is 24.9. The largest absolute Gasteiger partial charge is 0.316 e. The first kappa shape index (κ1) is 6.54. The van der Waals surface area contributed by atoms with Gasteiger partial charge in [-0.3, -0.25) is 0 Å². The average Bonchev–Trinajstić information content (AvgIpc) is 2.79. The molecule has 1 aromatic heterocycles. The molecule has 0 saturated carbocycles. The van der Waals surface area contributed by atoms with Gasteiger partial charge in [-0.15, -0.1) is 0 Å². The van der Waals surface area contributed by atoms with E-state index in [0.717, 1.165) is 16.6 Å². The molecular formula is C15H13N. The fraction of sp³-hybridized carbons (Fsp3) is 0.0667. The molecule has 1 nitrogen and oxygen atoms in total. The Labute approximate surface area is 99.2 Å². The first-order chi connectivity index (χ1) is 9.07. The van der Waals surface area contributed by atoms with Crippen molar-refractivity contribution in [3.63, 3.8) is 0 Å². The third kappa shape index (κ3) is 1.33. The highest BCUT2D eigenvalue weighted by Crippen LogP contribution is 2.23. The van der Waals surface area contributed by atoms with E-state index in [2.05, 4.69) is 0 Å². The average molecular weight is 210 g/mol. The normalized spacial score (nSPS) is 14.4. The van der Waals surface area contributed by atoms with Crippen molar-refractivity contribution in [2.45, 2.75) is 6.85 Å². The minimum Gasteiger partial charge on any atom is -0.316 e. The molecule has 0 unspecified atom stereocenters. The van der Waals surface area contributed by atoms with Crippen LogP contribution in [0.3, 0.4) is 0 Å². The molecule has 0 aliphatic carbocycles. The summed E-state index contributed by atoms with van der Waals surface area (Å²) in [6.07, 6.45) is 1.72. The van der Waals surface area contributed by atoms with Crippen LogP contribution in [0.2, 0.25) is 0 Å². The van der Waals surface area contributed by atoms with Gasteiger partial charge in [-0.05, 0) is 30.6 Å². The summed E-state index contributed by atoms with van der Waals surface area (Å²) in [6, 6.07) is 17.4. The van der Waals surface area contributed by atoms with Crippen molar-refractivity contribution < 1.29 is 4.11 Å². The van der Waals surface area contributed by atoms with Crippen LogP contribution in [-0.2, 0) is 0 Å². The number of hydrogen-bond acceptors (Lipinski definition) is 0. The molecule has 0 aliphatic heterocycles. The summed E-state index contributed by atoms with van der Waals surface area (Å²) in [5.41, 5.74) is 2.28. The highest BCUT2D eigenvalue weighted by atomic mass is 15.0. The molecule has 0 aliphatic rings. The fourth-order valence-electron chi connectivity index (χ4n) is 1.98. The molecule has 3 rings (SSSR count). The molecule has 3 aromatic rings.